The molecule has 0 radical (unpaired) electrons. The molecule has 1 N–H and O–H groups in total. The van der Waals surface area contributed by atoms with Gasteiger partial charge in [0.25, 0.3) is 0 Å². The van der Waals surface area contributed by atoms with Gasteiger partial charge in [-0.2, -0.15) is 13.2 Å². The second-order valence-corrected chi connectivity index (χ2v) is 11.9. The van der Waals surface area contributed by atoms with E-state index in [-0.39, 0.29) is 17.7 Å². The van der Waals surface area contributed by atoms with Crippen LogP contribution in [0.5, 0.6) is 0 Å². The predicted octanol–water partition coefficient (Wildman–Crippen LogP) is 4.98. The summed E-state index contributed by atoms with van der Waals surface area (Å²) in [6.07, 6.45) is -7.42. The molecule has 3 heterocycles. The Morgan fingerprint density at radius 3 is 2.14 bits per heavy atom. The van der Waals surface area contributed by atoms with E-state index in [1.807, 2.05) is 0 Å². The molecule has 0 saturated carbocycles. The van der Waals surface area contributed by atoms with Crippen molar-refractivity contribution in [1.82, 2.24) is 10.2 Å². The fourth-order valence-corrected chi connectivity index (χ4v) is 7.03. The molecule has 3 aromatic rings. The van der Waals surface area contributed by atoms with Crippen LogP contribution in [0.2, 0.25) is 0 Å². The third kappa shape index (κ3) is 6.62. The van der Waals surface area contributed by atoms with E-state index in [1.165, 1.54) is 11.3 Å². The van der Waals surface area contributed by atoms with Gasteiger partial charge in [-0.15, -0.1) is 23.1 Å². The fraction of sp³-hybridized carbons (Fsp3) is 0.267. The predicted molar refractivity (Wildman–Crippen MR) is 152 cm³/mol. The first-order valence-electron chi connectivity index (χ1n) is 13.1. The average Bonchev–Trinajstić information content (AvgIpc) is 3.47. The third-order valence-electron chi connectivity index (χ3n) is 6.78. The number of carbonyl (C=O) groups excluding carboxylic acids is 4. The third-order valence-corrected chi connectivity index (χ3v) is 8.96. The molecule has 2 aromatic carbocycles. The number of benzene rings is 2. The standard InChI is InChI=1S/C30H25F3N2O6S2/c1-17(36)40-26(34-22(37)15-20-13-8-14-42-20)21-16-43-28-23(30(31,32)33)27(38)35(28)24(21)29(39)41-25(18-9-4-2-5-10-18)19-11-6-3-7-12-19/h2-14,23,25-26,28H,15-16H2,1H3,(H,34,37)/t23-,26?,28+/m0/s1. The molecule has 1 saturated heterocycles. The molecular formula is C30H25F3N2O6S2. The first-order chi connectivity index (χ1) is 20.5. The van der Waals surface area contributed by atoms with E-state index in [0.29, 0.717) is 16.0 Å². The number of esters is 2. The summed E-state index contributed by atoms with van der Waals surface area (Å²) in [5.74, 6) is -6.38. The van der Waals surface area contributed by atoms with Gasteiger partial charge >= 0.3 is 18.1 Å². The molecule has 0 bridgehead atoms. The van der Waals surface area contributed by atoms with Crippen LogP contribution in [0, 0.1) is 5.92 Å². The molecule has 8 nitrogen and oxygen atoms in total. The molecule has 43 heavy (non-hydrogen) atoms. The highest BCUT2D eigenvalue weighted by Gasteiger charge is 2.65. The molecule has 3 atom stereocenters. The fourth-order valence-electron chi connectivity index (χ4n) is 4.87. The van der Waals surface area contributed by atoms with E-state index in [1.54, 1.807) is 78.2 Å². The number of nitrogens with one attached hydrogen (secondary N) is 1. The Kier molecular flexibility index (Phi) is 8.92. The van der Waals surface area contributed by atoms with Crippen LogP contribution < -0.4 is 5.32 Å². The number of hydrogen-bond donors (Lipinski definition) is 1. The molecule has 0 spiro atoms. The maximum absolute atomic E-state index is 14.0. The van der Waals surface area contributed by atoms with Gasteiger partial charge < -0.3 is 14.8 Å². The van der Waals surface area contributed by atoms with Crippen LogP contribution in [-0.4, -0.2) is 52.2 Å². The minimum absolute atomic E-state index is 0.0603. The van der Waals surface area contributed by atoms with Gasteiger partial charge in [0.15, 0.2) is 12.0 Å². The number of alkyl halides is 3. The van der Waals surface area contributed by atoms with E-state index in [0.717, 1.165) is 23.6 Å². The van der Waals surface area contributed by atoms with Crippen LogP contribution in [0.25, 0.3) is 0 Å². The zero-order valence-corrected chi connectivity index (χ0v) is 24.2. The topological polar surface area (TPSA) is 102 Å². The smallest absolute Gasteiger partial charge is 0.403 e. The monoisotopic (exact) mass is 630 g/mol. The summed E-state index contributed by atoms with van der Waals surface area (Å²) >= 11 is 2.09. The Labute approximate surface area is 252 Å². The summed E-state index contributed by atoms with van der Waals surface area (Å²) in [4.78, 5) is 53.4. The number of fused-ring (bicyclic) bond motifs is 1. The van der Waals surface area contributed by atoms with E-state index in [9.17, 15) is 32.3 Å². The minimum Gasteiger partial charge on any atom is -0.448 e. The van der Waals surface area contributed by atoms with E-state index in [4.69, 9.17) is 9.47 Å². The maximum Gasteiger partial charge on any atom is 0.403 e. The van der Waals surface area contributed by atoms with E-state index < -0.39 is 59.2 Å². The molecule has 13 heteroatoms. The van der Waals surface area contributed by atoms with Crippen molar-refractivity contribution in [3.05, 3.63) is 105 Å². The van der Waals surface area contributed by atoms with Crippen molar-refractivity contribution in [3.8, 4) is 0 Å². The number of nitrogens with zero attached hydrogens (tertiary/aromatic N) is 1. The van der Waals surface area contributed by atoms with Crippen molar-refractivity contribution in [2.24, 2.45) is 5.92 Å². The maximum atomic E-state index is 14.0. The molecular weight excluding hydrogens is 605 g/mol. The number of ether oxygens (including phenoxy) is 2. The molecule has 0 aliphatic carbocycles. The summed E-state index contributed by atoms with van der Waals surface area (Å²) in [6, 6.07) is 20.9. The highest BCUT2D eigenvalue weighted by molar-refractivity contribution is 8.00. The van der Waals surface area contributed by atoms with Gasteiger partial charge in [-0.1, -0.05) is 66.7 Å². The molecule has 1 unspecified atom stereocenters. The molecule has 2 aliphatic rings. The van der Waals surface area contributed by atoms with Gasteiger partial charge in [-0.05, 0) is 22.6 Å². The van der Waals surface area contributed by atoms with Gasteiger partial charge in [-0.3, -0.25) is 19.3 Å². The summed E-state index contributed by atoms with van der Waals surface area (Å²) in [7, 11) is 0. The molecule has 2 amide bonds. The molecule has 1 aromatic heterocycles. The van der Waals surface area contributed by atoms with Crippen molar-refractivity contribution >= 4 is 46.9 Å². The van der Waals surface area contributed by atoms with Crippen molar-refractivity contribution < 1.29 is 41.8 Å². The molecule has 224 valence electrons. The lowest BCUT2D eigenvalue weighted by Gasteiger charge is -2.50. The highest BCUT2D eigenvalue weighted by atomic mass is 32.2. The number of carbonyl (C=O) groups is 4. The zero-order valence-electron chi connectivity index (χ0n) is 22.6. The van der Waals surface area contributed by atoms with Crippen molar-refractivity contribution in [2.75, 3.05) is 5.75 Å². The highest BCUT2D eigenvalue weighted by Crippen LogP contribution is 2.51. The lowest BCUT2D eigenvalue weighted by molar-refractivity contribution is -0.214. The van der Waals surface area contributed by atoms with Crippen molar-refractivity contribution in [2.45, 2.75) is 37.2 Å². The van der Waals surface area contributed by atoms with Crippen LogP contribution in [0.15, 0.2) is 89.4 Å². The van der Waals surface area contributed by atoms with Crippen molar-refractivity contribution in [3.63, 3.8) is 0 Å². The first kappa shape index (κ1) is 30.4. The van der Waals surface area contributed by atoms with Crippen LogP contribution in [0.3, 0.4) is 0 Å². The normalized spacial score (nSPS) is 18.9. The van der Waals surface area contributed by atoms with Crippen molar-refractivity contribution in [1.29, 1.82) is 0 Å². The van der Waals surface area contributed by atoms with Crippen LogP contribution >= 0.6 is 23.1 Å². The number of β-lactam (4-membered cyclic amide) rings is 1. The SMILES string of the molecule is CC(=O)OC(NC(=O)Cc1cccs1)C1=C(C(=O)OC(c2ccccc2)c2ccccc2)N2C(=O)[C@H](C(F)(F)F)[C@H]2SC1. The number of thiophene rings is 1. The Hall–Kier alpha value is -4.10. The second kappa shape index (κ2) is 12.6. The van der Waals surface area contributed by atoms with E-state index >= 15 is 0 Å². The Balaban J connectivity index is 1.55. The summed E-state index contributed by atoms with van der Waals surface area (Å²) in [5, 5.41) is 2.91. The zero-order chi connectivity index (χ0) is 30.7. The Morgan fingerprint density at radius 1 is 0.977 bits per heavy atom. The number of thioether (sulfide) groups is 1. The number of halogens is 3. The molecule has 1 fully saturated rings. The van der Waals surface area contributed by atoms with Gasteiger partial charge in [0.05, 0.1) is 6.42 Å². The Bertz CT molecular complexity index is 1490. The molecule has 2 aliphatic heterocycles. The van der Waals surface area contributed by atoms with Gasteiger partial charge in [0.1, 0.15) is 11.1 Å². The molecule has 5 rings (SSSR count). The minimum atomic E-state index is -4.83. The van der Waals surface area contributed by atoms with Crippen LogP contribution in [0.1, 0.15) is 29.0 Å². The lowest BCUT2D eigenvalue weighted by Crippen LogP contribution is -2.66. The average molecular weight is 631 g/mol. The van der Waals surface area contributed by atoms with Gasteiger partial charge in [-0.25, -0.2) is 4.79 Å². The lowest BCUT2D eigenvalue weighted by atomic mass is 9.94. The number of rotatable bonds is 9. The number of hydrogen-bond acceptors (Lipinski definition) is 8. The second-order valence-electron chi connectivity index (χ2n) is 9.72. The Morgan fingerprint density at radius 2 is 1.60 bits per heavy atom. The summed E-state index contributed by atoms with van der Waals surface area (Å²) in [5.41, 5.74) is 0.605. The van der Waals surface area contributed by atoms with Crippen LogP contribution in [0.4, 0.5) is 13.2 Å². The van der Waals surface area contributed by atoms with Crippen LogP contribution in [-0.2, 0) is 35.1 Å². The first-order valence-corrected chi connectivity index (χ1v) is 15.0. The summed E-state index contributed by atoms with van der Waals surface area (Å²) in [6.45, 7) is 1.09. The largest absolute Gasteiger partial charge is 0.448 e. The van der Waals surface area contributed by atoms with Gasteiger partial charge in [0, 0.05) is 23.1 Å². The number of amides is 2. The summed E-state index contributed by atoms with van der Waals surface area (Å²) < 4.78 is 52.6. The van der Waals surface area contributed by atoms with E-state index in [2.05, 4.69) is 5.32 Å². The van der Waals surface area contributed by atoms with Gasteiger partial charge in [0.2, 0.25) is 18.0 Å². The quantitative estimate of drug-likeness (QED) is 0.202.